The number of aliphatic hydroxyl groups excluding tert-OH is 5. The quantitative estimate of drug-likeness (QED) is 0.0195. The normalized spacial score (nSPS) is 19.4. The Labute approximate surface area is 460 Å². The van der Waals surface area contributed by atoms with Crippen molar-refractivity contribution in [1.29, 1.82) is 0 Å². The number of aliphatic hydroxyl groups is 5. The number of nitrogens with one attached hydrogen (secondary N) is 1. The highest BCUT2D eigenvalue weighted by Crippen LogP contribution is 2.26. The van der Waals surface area contributed by atoms with E-state index in [4.69, 9.17) is 14.2 Å². The molecule has 0 spiro atoms. The van der Waals surface area contributed by atoms with Gasteiger partial charge in [0.2, 0.25) is 5.91 Å². The van der Waals surface area contributed by atoms with Gasteiger partial charge < -0.3 is 45.1 Å². The summed E-state index contributed by atoms with van der Waals surface area (Å²) < 4.78 is 17.5. The van der Waals surface area contributed by atoms with E-state index < -0.39 is 67.4 Å². The number of carbonyl (C=O) groups is 2. The summed E-state index contributed by atoms with van der Waals surface area (Å²) in [5.74, 6) is -1.26. The zero-order valence-corrected chi connectivity index (χ0v) is 48.7. The van der Waals surface area contributed by atoms with Crippen LogP contribution in [-0.4, -0.2) is 99.6 Å². The van der Waals surface area contributed by atoms with Crippen molar-refractivity contribution in [2.45, 2.75) is 346 Å². The number of amides is 1. The summed E-state index contributed by atoms with van der Waals surface area (Å²) in [6, 6.07) is -1.03. The third-order valence-corrected chi connectivity index (χ3v) is 15.1. The van der Waals surface area contributed by atoms with Gasteiger partial charge in [-0.2, -0.15) is 0 Å². The van der Waals surface area contributed by atoms with E-state index in [0.717, 1.165) is 51.4 Å². The first-order valence-electron chi connectivity index (χ1n) is 31.8. The molecule has 0 bridgehead atoms. The van der Waals surface area contributed by atoms with Gasteiger partial charge in [-0.05, 0) is 44.9 Å². The topological polar surface area (TPSA) is 175 Å². The molecule has 0 aliphatic carbocycles. The molecule has 1 fully saturated rings. The SMILES string of the molecule is CCCCCCCC/C=C\C/C=C/CCC(=O)OC1C(OCC(NC(=O)C(O)CCCCCCCCCCCCCCCCCCCCCCCC)C(O)/C=C/CCCCCCCCCCC)OC(CO)C(O)C1O. The lowest BCUT2D eigenvalue weighted by Crippen LogP contribution is -2.61. The van der Waals surface area contributed by atoms with E-state index in [9.17, 15) is 35.1 Å². The number of hydrogen-bond acceptors (Lipinski definition) is 10. The highest BCUT2D eigenvalue weighted by molar-refractivity contribution is 5.80. The highest BCUT2D eigenvalue weighted by Gasteiger charge is 2.47. The summed E-state index contributed by atoms with van der Waals surface area (Å²) >= 11 is 0. The maximum absolute atomic E-state index is 13.4. The molecule has 1 saturated heterocycles. The van der Waals surface area contributed by atoms with Crippen LogP contribution in [-0.2, 0) is 23.8 Å². The number of carbonyl (C=O) groups excluding carboxylic acids is 2. The average molecular weight is 1060 g/mol. The third-order valence-electron chi connectivity index (χ3n) is 15.1. The second kappa shape index (κ2) is 52.6. The molecule has 1 aliphatic rings. The zero-order chi connectivity index (χ0) is 54.7. The van der Waals surface area contributed by atoms with Gasteiger partial charge in [0.25, 0.3) is 0 Å². The zero-order valence-electron chi connectivity index (χ0n) is 48.7. The van der Waals surface area contributed by atoms with Crippen molar-refractivity contribution in [2.24, 2.45) is 0 Å². The second-order valence-electron chi connectivity index (χ2n) is 22.1. The number of hydrogen-bond donors (Lipinski definition) is 6. The van der Waals surface area contributed by atoms with Gasteiger partial charge in [0, 0.05) is 6.42 Å². The van der Waals surface area contributed by atoms with E-state index >= 15 is 0 Å². The highest BCUT2D eigenvalue weighted by atomic mass is 16.7. The molecule has 0 saturated carbocycles. The molecule has 1 aliphatic heterocycles. The molecule has 0 aromatic heterocycles. The van der Waals surface area contributed by atoms with Crippen LogP contribution in [0.15, 0.2) is 36.5 Å². The molecule has 11 heteroatoms. The largest absolute Gasteiger partial charge is 0.454 e. The number of unbranched alkanes of at least 4 members (excludes halogenated alkanes) is 36. The molecule has 75 heavy (non-hydrogen) atoms. The maximum atomic E-state index is 13.4. The summed E-state index contributed by atoms with van der Waals surface area (Å²) in [5, 5.41) is 56.9. The van der Waals surface area contributed by atoms with E-state index in [2.05, 4.69) is 38.2 Å². The molecule has 8 atom stereocenters. The van der Waals surface area contributed by atoms with Crippen LogP contribution in [0.1, 0.15) is 297 Å². The van der Waals surface area contributed by atoms with E-state index in [0.29, 0.717) is 19.3 Å². The lowest BCUT2D eigenvalue weighted by atomic mass is 9.99. The molecule has 1 rings (SSSR count). The molecule has 8 unspecified atom stereocenters. The molecule has 0 radical (unpaired) electrons. The number of allylic oxidation sites excluding steroid dienone is 5. The summed E-state index contributed by atoms with van der Waals surface area (Å²) in [7, 11) is 0. The molecule has 1 heterocycles. The Hall–Kier alpha value is -2.12. The van der Waals surface area contributed by atoms with Crippen molar-refractivity contribution < 1.29 is 49.3 Å². The Morgan fingerprint density at radius 1 is 0.520 bits per heavy atom. The third kappa shape index (κ3) is 40.7. The summed E-state index contributed by atoms with van der Waals surface area (Å²) in [6.45, 7) is 5.76. The van der Waals surface area contributed by atoms with Crippen molar-refractivity contribution in [1.82, 2.24) is 5.32 Å². The fourth-order valence-corrected chi connectivity index (χ4v) is 10.0. The minimum atomic E-state index is -1.63. The predicted octanol–water partition coefficient (Wildman–Crippen LogP) is 15.1. The first-order chi connectivity index (χ1) is 36.7. The van der Waals surface area contributed by atoms with Crippen LogP contribution < -0.4 is 5.32 Å². The van der Waals surface area contributed by atoms with Crippen molar-refractivity contribution in [2.75, 3.05) is 13.2 Å². The Kier molecular flexibility index (Phi) is 49.7. The van der Waals surface area contributed by atoms with Crippen molar-refractivity contribution in [3.05, 3.63) is 36.5 Å². The monoisotopic (exact) mass is 1060 g/mol. The minimum absolute atomic E-state index is 0.0199. The Balaban J connectivity index is 2.63. The van der Waals surface area contributed by atoms with Crippen molar-refractivity contribution in [3.8, 4) is 0 Å². The van der Waals surface area contributed by atoms with E-state index in [1.54, 1.807) is 6.08 Å². The van der Waals surface area contributed by atoms with Crippen LogP contribution >= 0.6 is 0 Å². The standard InChI is InChI=1S/C64H119NO10/c1-4-7-10-13-16-19-22-24-25-26-27-28-29-30-31-32-34-36-39-42-45-48-51-57(68)63(72)65-55(56(67)50-47-44-41-38-35-21-18-15-12-9-6-3)54-73-64-62(61(71)60(70)58(53-66)74-64)75-59(69)52-49-46-43-40-37-33-23-20-17-14-11-8-5-2/h33,37,43,46-47,50,55-58,60-62,64,66-68,70-71H,4-32,34-36,38-42,44-45,48-49,51-54H2,1-3H3,(H,65,72)/b37-33-,46-43+,50-47+. The minimum Gasteiger partial charge on any atom is -0.454 e. The van der Waals surface area contributed by atoms with Crippen LogP contribution in [0.25, 0.3) is 0 Å². The average Bonchev–Trinajstić information content (AvgIpc) is 3.41. The smallest absolute Gasteiger partial charge is 0.306 e. The van der Waals surface area contributed by atoms with Crippen LogP contribution in [0, 0.1) is 0 Å². The van der Waals surface area contributed by atoms with Crippen LogP contribution in [0.5, 0.6) is 0 Å². The van der Waals surface area contributed by atoms with Crippen LogP contribution in [0.4, 0.5) is 0 Å². The van der Waals surface area contributed by atoms with E-state index in [1.165, 1.54) is 199 Å². The maximum Gasteiger partial charge on any atom is 0.306 e. The van der Waals surface area contributed by atoms with Crippen molar-refractivity contribution >= 4 is 11.9 Å². The fourth-order valence-electron chi connectivity index (χ4n) is 10.0. The molecular weight excluding hydrogens is 943 g/mol. The predicted molar refractivity (Wildman–Crippen MR) is 311 cm³/mol. The van der Waals surface area contributed by atoms with E-state index in [1.807, 2.05) is 18.2 Å². The fraction of sp³-hybridized carbons (Fsp3) is 0.875. The van der Waals surface area contributed by atoms with Gasteiger partial charge in [-0.15, -0.1) is 0 Å². The molecule has 6 N–H and O–H groups in total. The number of esters is 1. The Bertz CT molecular complexity index is 1360. The van der Waals surface area contributed by atoms with Gasteiger partial charge in [0.05, 0.1) is 25.4 Å². The molecule has 440 valence electrons. The lowest BCUT2D eigenvalue weighted by molar-refractivity contribution is -0.305. The molecular formula is C64H119NO10. The van der Waals surface area contributed by atoms with Gasteiger partial charge in [-0.25, -0.2) is 0 Å². The second-order valence-corrected chi connectivity index (χ2v) is 22.1. The number of rotatable bonds is 54. The molecule has 11 nitrogen and oxygen atoms in total. The van der Waals surface area contributed by atoms with Gasteiger partial charge in [-0.1, -0.05) is 282 Å². The van der Waals surface area contributed by atoms with Crippen LogP contribution in [0.3, 0.4) is 0 Å². The molecule has 1 amide bonds. The van der Waals surface area contributed by atoms with Gasteiger partial charge >= 0.3 is 5.97 Å². The summed E-state index contributed by atoms with van der Waals surface area (Å²) in [4.78, 5) is 26.5. The van der Waals surface area contributed by atoms with Crippen LogP contribution in [0.2, 0.25) is 0 Å². The summed E-state index contributed by atoms with van der Waals surface area (Å²) in [6.07, 6.45) is 52.2. The van der Waals surface area contributed by atoms with Gasteiger partial charge in [0.1, 0.15) is 24.4 Å². The molecule has 0 aromatic carbocycles. The summed E-state index contributed by atoms with van der Waals surface area (Å²) in [5.41, 5.74) is 0. The Morgan fingerprint density at radius 3 is 1.36 bits per heavy atom. The van der Waals surface area contributed by atoms with Gasteiger partial charge in [0.15, 0.2) is 12.4 Å². The lowest BCUT2D eigenvalue weighted by Gasteiger charge is -2.41. The Morgan fingerprint density at radius 2 is 0.920 bits per heavy atom. The first kappa shape index (κ1) is 70.9. The van der Waals surface area contributed by atoms with Crippen molar-refractivity contribution in [3.63, 3.8) is 0 Å². The first-order valence-corrected chi connectivity index (χ1v) is 31.8. The van der Waals surface area contributed by atoms with E-state index in [-0.39, 0.29) is 13.0 Å². The van der Waals surface area contributed by atoms with Gasteiger partial charge in [-0.3, -0.25) is 9.59 Å². The molecule has 0 aromatic rings. The number of ether oxygens (including phenoxy) is 3.